The molecule has 0 N–H and O–H groups in total. The molecular weight excluding hydrogens is 160 g/mol. The molecule has 0 aliphatic rings. The minimum Gasteiger partial charge on any atom is -0.300 e. The smallest absolute Gasteiger partial charge is 0.132 e. The third-order valence-corrected chi connectivity index (χ3v) is 1.86. The second kappa shape index (κ2) is 6.66. The maximum Gasteiger partial charge on any atom is 0.132 e. The average Bonchev–Trinajstić information content (AvgIpc) is 1.97. The van der Waals surface area contributed by atoms with Crippen molar-refractivity contribution < 1.29 is 4.79 Å². The van der Waals surface area contributed by atoms with Crippen molar-refractivity contribution in [3.63, 3.8) is 0 Å². The highest BCUT2D eigenvalue weighted by Crippen LogP contribution is 2.06. The fourth-order valence-corrected chi connectivity index (χ4v) is 0.972. The molecule has 0 heterocycles. The van der Waals surface area contributed by atoms with Crippen LogP contribution >= 0.6 is 11.6 Å². The predicted octanol–water partition coefficient (Wildman–Crippen LogP) is 3.01. The van der Waals surface area contributed by atoms with E-state index in [0.29, 0.717) is 24.0 Å². The number of carbonyl (C=O) groups is 1. The van der Waals surface area contributed by atoms with E-state index < -0.39 is 0 Å². The molecular formula is C9H17ClO. The molecule has 0 amide bonds. The van der Waals surface area contributed by atoms with Crippen LogP contribution in [0.5, 0.6) is 0 Å². The van der Waals surface area contributed by atoms with Gasteiger partial charge in [-0.3, -0.25) is 4.79 Å². The van der Waals surface area contributed by atoms with Crippen molar-refractivity contribution in [3.05, 3.63) is 0 Å². The van der Waals surface area contributed by atoms with Gasteiger partial charge in [0.15, 0.2) is 0 Å². The minimum atomic E-state index is 0.361. The number of hydrogen-bond donors (Lipinski definition) is 0. The molecule has 0 saturated heterocycles. The molecule has 0 aromatic rings. The van der Waals surface area contributed by atoms with Gasteiger partial charge < -0.3 is 0 Å². The first-order valence-corrected chi connectivity index (χ1v) is 4.78. The number of hydrogen-bond acceptors (Lipinski definition) is 1. The topological polar surface area (TPSA) is 17.1 Å². The Morgan fingerprint density at radius 2 is 2.00 bits per heavy atom. The lowest BCUT2D eigenvalue weighted by Gasteiger charge is -2.02. The van der Waals surface area contributed by atoms with E-state index in [9.17, 15) is 4.79 Å². The Kier molecular flexibility index (Phi) is 6.63. The van der Waals surface area contributed by atoms with Gasteiger partial charge in [-0.05, 0) is 18.8 Å². The summed E-state index contributed by atoms with van der Waals surface area (Å²) in [5.74, 6) is 1.60. The highest BCUT2D eigenvalue weighted by Gasteiger charge is 2.02. The largest absolute Gasteiger partial charge is 0.300 e. The van der Waals surface area contributed by atoms with Crippen LogP contribution in [0.25, 0.3) is 0 Å². The average molecular weight is 177 g/mol. The van der Waals surface area contributed by atoms with Crippen LogP contribution in [0, 0.1) is 5.92 Å². The first kappa shape index (κ1) is 11.0. The molecule has 11 heavy (non-hydrogen) atoms. The number of rotatable bonds is 6. The minimum absolute atomic E-state index is 0.361. The fourth-order valence-electron chi connectivity index (χ4n) is 0.839. The molecule has 0 saturated carbocycles. The molecule has 1 nitrogen and oxygen atoms in total. The standard InChI is InChI=1S/C9H17ClO/c1-8(2)5-6-9(11)4-3-7-10/h8H,3-7H2,1-2H3. The van der Waals surface area contributed by atoms with Crippen molar-refractivity contribution in [2.45, 2.75) is 39.5 Å². The Morgan fingerprint density at radius 1 is 1.36 bits per heavy atom. The van der Waals surface area contributed by atoms with E-state index in [0.717, 1.165) is 19.3 Å². The van der Waals surface area contributed by atoms with Crippen LogP contribution in [0.15, 0.2) is 0 Å². The molecule has 0 unspecified atom stereocenters. The van der Waals surface area contributed by atoms with Gasteiger partial charge in [-0.25, -0.2) is 0 Å². The molecule has 0 aliphatic carbocycles. The van der Waals surface area contributed by atoms with E-state index in [1.807, 2.05) is 0 Å². The fraction of sp³-hybridized carbons (Fsp3) is 0.889. The first-order chi connectivity index (χ1) is 5.16. The molecule has 0 fully saturated rings. The number of halogens is 1. The first-order valence-electron chi connectivity index (χ1n) is 4.24. The van der Waals surface area contributed by atoms with Crippen LogP contribution in [-0.4, -0.2) is 11.7 Å². The zero-order valence-corrected chi connectivity index (χ0v) is 8.16. The van der Waals surface area contributed by atoms with E-state index in [1.165, 1.54) is 0 Å². The van der Waals surface area contributed by atoms with Crippen LogP contribution < -0.4 is 0 Å². The van der Waals surface area contributed by atoms with Gasteiger partial charge in [0.2, 0.25) is 0 Å². The van der Waals surface area contributed by atoms with Crippen LogP contribution in [0.1, 0.15) is 39.5 Å². The number of carbonyl (C=O) groups excluding carboxylic acids is 1. The van der Waals surface area contributed by atoms with Gasteiger partial charge in [-0.1, -0.05) is 13.8 Å². The van der Waals surface area contributed by atoms with Crippen molar-refractivity contribution in [1.29, 1.82) is 0 Å². The summed E-state index contributed by atoms with van der Waals surface area (Å²) >= 11 is 5.46. The lowest BCUT2D eigenvalue weighted by atomic mass is 10.0. The zero-order chi connectivity index (χ0) is 8.69. The SMILES string of the molecule is CC(C)CCC(=O)CCCCl. The van der Waals surface area contributed by atoms with E-state index >= 15 is 0 Å². The van der Waals surface area contributed by atoms with Crippen molar-refractivity contribution >= 4 is 17.4 Å². The Bertz CT molecular complexity index is 110. The number of Topliss-reactive ketones (excluding diaryl/α,β-unsaturated/α-hetero) is 1. The molecule has 0 atom stereocenters. The van der Waals surface area contributed by atoms with E-state index in [-0.39, 0.29) is 0 Å². The Balaban J connectivity index is 3.23. The summed E-state index contributed by atoms with van der Waals surface area (Å²) in [4.78, 5) is 11.0. The summed E-state index contributed by atoms with van der Waals surface area (Å²) in [5.41, 5.74) is 0. The Labute approximate surface area is 74.1 Å². The Hall–Kier alpha value is -0.0400. The van der Waals surface area contributed by atoms with E-state index in [1.54, 1.807) is 0 Å². The Morgan fingerprint density at radius 3 is 2.45 bits per heavy atom. The summed E-state index contributed by atoms with van der Waals surface area (Å²) in [6, 6.07) is 0. The second-order valence-corrected chi connectivity index (χ2v) is 3.64. The van der Waals surface area contributed by atoms with Crippen molar-refractivity contribution in [2.24, 2.45) is 5.92 Å². The monoisotopic (exact) mass is 176 g/mol. The van der Waals surface area contributed by atoms with Gasteiger partial charge in [0.1, 0.15) is 5.78 Å². The highest BCUT2D eigenvalue weighted by molar-refractivity contribution is 6.17. The molecule has 0 radical (unpaired) electrons. The molecule has 0 aromatic heterocycles. The molecule has 0 aromatic carbocycles. The molecule has 0 bridgehead atoms. The highest BCUT2D eigenvalue weighted by atomic mass is 35.5. The maximum absolute atomic E-state index is 11.0. The summed E-state index contributed by atoms with van der Waals surface area (Å²) in [6.45, 7) is 4.27. The lowest BCUT2D eigenvalue weighted by Crippen LogP contribution is -2.00. The quantitative estimate of drug-likeness (QED) is 0.569. The summed E-state index contributed by atoms with van der Waals surface area (Å²) in [5, 5.41) is 0. The maximum atomic E-state index is 11.0. The second-order valence-electron chi connectivity index (χ2n) is 3.26. The van der Waals surface area contributed by atoms with E-state index in [4.69, 9.17) is 11.6 Å². The van der Waals surface area contributed by atoms with Crippen LogP contribution in [-0.2, 0) is 4.79 Å². The summed E-state index contributed by atoms with van der Waals surface area (Å²) in [7, 11) is 0. The van der Waals surface area contributed by atoms with Gasteiger partial charge >= 0.3 is 0 Å². The van der Waals surface area contributed by atoms with Crippen LogP contribution in [0.4, 0.5) is 0 Å². The van der Waals surface area contributed by atoms with Crippen molar-refractivity contribution in [3.8, 4) is 0 Å². The molecule has 0 spiro atoms. The van der Waals surface area contributed by atoms with Crippen molar-refractivity contribution in [1.82, 2.24) is 0 Å². The van der Waals surface area contributed by atoms with Crippen LogP contribution in [0.3, 0.4) is 0 Å². The lowest BCUT2D eigenvalue weighted by molar-refractivity contribution is -0.119. The zero-order valence-electron chi connectivity index (χ0n) is 7.40. The van der Waals surface area contributed by atoms with Gasteiger partial charge in [-0.2, -0.15) is 0 Å². The molecule has 0 aliphatic heterocycles. The third-order valence-electron chi connectivity index (χ3n) is 1.59. The molecule has 66 valence electrons. The number of alkyl halides is 1. The molecule has 2 heteroatoms. The number of ketones is 1. The van der Waals surface area contributed by atoms with Crippen molar-refractivity contribution in [2.75, 3.05) is 5.88 Å². The predicted molar refractivity (Wildman–Crippen MR) is 49.0 cm³/mol. The van der Waals surface area contributed by atoms with Gasteiger partial charge in [0, 0.05) is 18.7 Å². The van der Waals surface area contributed by atoms with Gasteiger partial charge in [0.25, 0.3) is 0 Å². The summed E-state index contributed by atoms with van der Waals surface area (Å²) in [6.07, 6.45) is 3.24. The van der Waals surface area contributed by atoms with Gasteiger partial charge in [-0.15, -0.1) is 11.6 Å². The van der Waals surface area contributed by atoms with E-state index in [2.05, 4.69) is 13.8 Å². The van der Waals surface area contributed by atoms with Crippen LogP contribution in [0.2, 0.25) is 0 Å². The third kappa shape index (κ3) is 7.86. The normalized spacial score (nSPS) is 10.5. The summed E-state index contributed by atoms with van der Waals surface area (Å²) < 4.78 is 0. The van der Waals surface area contributed by atoms with Gasteiger partial charge in [0.05, 0.1) is 0 Å². The molecule has 0 rings (SSSR count).